The molecule has 0 aromatic rings. The van der Waals surface area contributed by atoms with E-state index in [4.69, 9.17) is 23.2 Å². The van der Waals surface area contributed by atoms with Crippen molar-refractivity contribution in [1.82, 2.24) is 0 Å². The predicted octanol–water partition coefficient (Wildman–Crippen LogP) is 3.72. The number of carbonyl (C=O) groups excluding carboxylic acids is 2. The highest BCUT2D eigenvalue weighted by Gasteiger charge is 2.75. The Labute approximate surface area is 177 Å². The van der Waals surface area contributed by atoms with Gasteiger partial charge in [0.25, 0.3) is 0 Å². The molecule has 6 heteroatoms. The molecule has 4 saturated carbocycles. The molecule has 0 amide bonds. The Balaban J connectivity index is 1.79. The van der Waals surface area contributed by atoms with Crippen molar-refractivity contribution in [3.05, 3.63) is 0 Å². The molecule has 0 saturated heterocycles. The number of aliphatic hydroxyl groups is 2. The summed E-state index contributed by atoms with van der Waals surface area (Å²) < 4.78 is 0. The fraction of sp³-hybridized carbons (Fsp3) is 0.909. The Morgan fingerprint density at radius 3 is 2.54 bits per heavy atom. The number of hydrogen-bond acceptors (Lipinski definition) is 4. The Morgan fingerprint density at radius 2 is 1.89 bits per heavy atom. The predicted molar refractivity (Wildman–Crippen MR) is 108 cm³/mol. The zero-order chi connectivity index (χ0) is 20.7. The Hall–Kier alpha value is -0.160. The SMILES string of the molecule is C[C@H]1C[C@H]2[C@@H]3CC[C@@H]4CC(=O)CC[C@]4(C)[C@@]3(Cl)[C@@H](Cl)C[C@]2(C)[C@@]1(O)C(=O)CO. The van der Waals surface area contributed by atoms with E-state index in [9.17, 15) is 19.8 Å². The summed E-state index contributed by atoms with van der Waals surface area (Å²) in [6, 6.07) is 0. The molecule has 4 rings (SSSR count). The second kappa shape index (κ2) is 6.42. The average Bonchev–Trinajstić information content (AvgIpc) is 2.84. The lowest BCUT2D eigenvalue weighted by Gasteiger charge is -2.66. The van der Waals surface area contributed by atoms with Gasteiger partial charge in [-0.1, -0.05) is 20.8 Å². The van der Waals surface area contributed by atoms with Crippen LogP contribution in [-0.4, -0.2) is 44.2 Å². The Kier molecular flexibility index (Phi) is 4.83. The van der Waals surface area contributed by atoms with Crippen molar-refractivity contribution in [2.75, 3.05) is 6.61 Å². The molecule has 9 atom stereocenters. The summed E-state index contributed by atoms with van der Waals surface area (Å²) in [6.07, 6.45) is 4.88. The maximum atomic E-state index is 12.7. The largest absolute Gasteiger partial charge is 0.388 e. The number of ketones is 2. The second-order valence-electron chi connectivity index (χ2n) is 10.5. The van der Waals surface area contributed by atoms with E-state index in [1.165, 1.54) is 0 Å². The van der Waals surface area contributed by atoms with Gasteiger partial charge in [-0.3, -0.25) is 9.59 Å². The van der Waals surface area contributed by atoms with Gasteiger partial charge < -0.3 is 10.2 Å². The molecule has 28 heavy (non-hydrogen) atoms. The summed E-state index contributed by atoms with van der Waals surface area (Å²) in [4.78, 5) is 24.1. The first-order valence-corrected chi connectivity index (χ1v) is 11.5. The number of halogens is 2. The van der Waals surface area contributed by atoms with Gasteiger partial charge in [-0.2, -0.15) is 0 Å². The highest BCUT2D eigenvalue weighted by molar-refractivity contribution is 6.33. The van der Waals surface area contributed by atoms with Crippen LogP contribution in [0, 0.1) is 34.5 Å². The Bertz CT molecular complexity index is 713. The Morgan fingerprint density at radius 1 is 1.21 bits per heavy atom. The summed E-state index contributed by atoms with van der Waals surface area (Å²) in [5, 5.41) is 20.7. The highest BCUT2D eigenvalue weighted by Crippen LogP contribution is 2.73. The van der Waals surface area contributed by atoms with Gasteiger partial charge in [0.15, 0.2) is 5.78 Å². The molecular weight excluding hydrogens is 399 g/mol. The minimum atomic E-state index is -1.57. The van der Waals surface area contributed by atoms with E-state index in [0.29, 0.717) is 31.5 Å². The fourth-order valence-electron chi connectivity index (χ4n) is 8.04. The first kappa shape index (κ1) is 21.1. The third-order valence-electron chi connectivity index (χ3n) is 9.66. The molecular formula is C22H32Cl2O4. The van der Waals surface area contributed by atoms with Crippen LogP contribution in [0.15, 0.2) is 0 Å². The van der Waals surface area contributed by atoms with Crippen LogP contribution in [0.3, 0.4) is 0 Å². The molecule has 4 aliphatic rings. The first-order chi connectivity index (χ1) is 13.0. The van der Waals surface area contributed by atoms with Crippen LogP contribution >= 0.6 is 23.2 Å². The minimum absolute atomic E-state index is 0.0749. The molecule has 4 fully saturated rings. The molecule has 0 spiro atoms. The molecule has 158 valence electrons. The molecule has 2 N–H and O–H groups in total. The average molecular weight is 431 g/mol. The summed E-state index contributed by atoms with van der Waals surface area (Å²) >= 11 is 14.6. The van der Waals surface area contributed by atoms with Gasteiger partial charge in [-0.15, -0.1) is 23.2 Å². The third kappa shape index (κ3) is 2.27. The van der Waals surface area contributed by atoms with Crippen LogP contribution in [-0.2, 0) is 9.59 Å². The molecule has 0 radical (unpaired) electrons. The van der Waals surface area contributed by atoms with Crippen molar-refractivity contribution in [1.29, 1.82) is 0 Å². The summed E-state index contributed by atoms with van der Waals surface area (Å²) in [6.45, 7) is 5.43. The molecule has 0 heterocycles. The van der Waals surface area contributed by atoms with Crippen LogP contribution in [0.25, 0.3) is 0 Å². The van der Waals surface area contributed by atoms with E-state index < -0.39 is 33.7 Å². The third-order valence-corrected chi connectivity index (χ3v) is 11.2. The van der Waals surface area contributed by atoms with E-state index >= 15 is 0 Å². The van der Waals surface area contributed by atoms with E-state index in [1.54, 1.807) is 0 Å². The van der Waals surface area contributed by atoms with Gasteiger partial charge in [-0.05, 0) is 61.2 Å². The molecule has 0 aromatic carbocycles. The quantitative estimate of drug-likeness (QED) is 0.654. The van der Waals surface area contributed by atoms with Crippen LogP contribution in [0.1, 0.15) is 65.7 Å². The van der Waals surface area contributed by atoms with Gasteiger partial charge in [0.05, 0.1) is 10.3 Å². The lowest BCUT2D eigenvalue weighted by Crippen LogP contribution is -2.69. The standard InChI is InChI=1S/C22H32Cl2O4/c1-12-8-16-15-5-4-13-9-14(26)6-7-19(13,2)21(15,24)17(23)10-20(16,3)22(12,28)18(27)11-25/h12-13,15-17,25,28H,4-11H2,1-3H3/t12-,13+,15-,16-,17-,19-,20-,21-,22-/m0/s1. The molecule has 0 aromatic heterocycles. The summed E-state index contributed by atoms with van der Waals surface area (Å²) in [5.41, 5.74) is -2.49. The van der Waals surface area contributed by atoms with E-state index in [0.717, 1.165) is 19.3 Å². The maximum Gasteiger partial charge on any atom is 0.190 e. The summed E-state index contributed by atoms with van der Waals surface area (Å²) in [5.74, 6) is -0.00315. The van der Waals surface area contributed by atoms with Crippen molar-refractivity contribution in [2.45, 2.75) is 81.6 Å². The number of fused-ring (bicyclic) bond motifs is 5. The molecule has 4 aliphatic carbocycles. The van der Waals surface area contributed by atoms with E-state index in [-0.39, 0.29) is 29.1 Å². The number of alkyl halides is 2. The van der Waals surface area contributed by atoms with Crippen molar-refractivity contribution in [3.8, 4) is 0 Å². The molecule has 0 aliphatic heterocycles. The number of rotatable bonds is 2. The van der Waals surface area contributed by atoms with Crippen molar-refractivity contribution >= 4 is 34.8 Å². The zero-order valence-electron chi connectivity index (χ0n) is 17.0. The van der Waals surface area contributed by atoms with Crippen molar-refractivity contribution in [3.63, 3.8) is 0 Å². The van der Waals surface area contributed by atoms with Gasteiger partial charge in [-0.25, -0.2) is 0 Å². The number of hydrogen-bond donors (Lipinski definition) is 2. The maximum absolute atomic E-state index is 12.7. The van der Waals surface area contributed by atoms with Crippen LogP contribution in [0.4, 0.5) is 0 Å². The monoisotopic (exact) mass is 430 g/mol. The first-order valence-electron chi connectivity index (χ1n) is 10.7. The number of carbonyl (C=O) groups is 2. The van der Waals surface area contributed by atoms with Crippen LogP contribution in [0.5, 0.6) is 0 Å². The second-order valence-corrected chi connectivity index (χ2v) is 11.6. The van der Waals surface area contributed by atoms with Crippen LogP contribution < -0.4 is 0 Å². The van der Waals surface area contributed by atoms with Gasteiger partial charge in [0, 0.05) is 18.3 Å². The normalized spacial score (nSPS) is 56.0. The topological polar surface area (TPSA) is 74.6 Å². The van der Waals surface area contributed by atoms with E-state index in [1.807, 2.05) is 13.8 Å². The fourth-order valence-corrected chi connectivity index (χ4v) is 9.35. The highest BCUT2D eigenvalue weighted by atomic mass is 35.5. The number of Topliss-reactive ketones (excluding diaryl/α,β-unsaturated/α-hetero) is 2. The van der Waals surface area contributed by atoms with E-state index in [2.05, 4.69) is 6.92 Å². The number of aliphatic hydroxyl groups excluding tert-OH is 1. The van der Waals surface area contributed by atoms with Crippen molar-refractivity contribution in [2.24, 2.45) is 34.5 Å². The molecule has 4 nitrogen and oxygen atoms in total. The smallest absolute Gasteiger partial charge is 0.190 e. The van der Waals surface area contributed by atoms with Gasteiger partial charge >= 0.3 is 0 Å². The lowest BCUT2D eigenvalue weighted by atomic mass is 9.43. The molecule has 0 bridgehead atoms. The lowest BCUT2D eigenvalue weighted by molar-refractivity contribution is -0.173. The molecule has 0 unspecified atom stereocenters. The van der Waals surface area contributed by atoms with Crippen molar-refractivity contribution < 1.29 is 19.8 Å². The zero-order valence-corrected chi connectivity index (χ0v) is 18.5. The van der Waals surface area contributed by atoms with Crippen LogP contribution in [0.2, 0.25) is 0 Å². The van der Waals surface area contributed by atoms with Gasteiger partial charge in [0.1, 0.15) is 18.0 Å². The van der Waals surface area contributed by atoms with Gasteiger partial charge in [0.2, 0.25) is 0 Å². The summed E-state index contributed by atoms with van der Waals surface area (Å²) in [7, 11) is 0. The minimum Gasteiger partial charge on any atom is -0.388 e.